The van der Waals surface area contributed by atoms with Gasteiger partial charge in [-0.05, 0) is 32.6 Å². The molecule has 1 aliphatic rings. The first-order valence-electron chi connectivity index (χ1n) is 4.99. The Labute approximate surface area is 75.7 Å². The van der Waals surface area contributed by atoms with E-state index in [4.69, 9.17) is 4.74 Å². The summed E-state index contributed by atoms with van der Waals surface area (Å²) in [6.07, 6.45) is 4.25. The summed E-state index contributed by atoms with van der Waals surface area (Å²) in [7, 11) is 1.76. The third kappa shape index (κ3) is 2.76. The van der Waals surface area contributed by atoms with Crippen molar-refractivity contribution in [2.45, 2.75) is 45.2 Å². The zero-order valence-electron chi connectivity index (χ0n) is 8.47. The van der Waals surface area contributed by atoms with E-state index in [9.17, 15) is 0 Å². The van der Waals surface area contributed by atoms with Gasteiger partial charge in [0.15, 0.2) is 0 Å². The van der Waals surface area contributed by atoms with Crippen LogP contribution in [0.3, 0.4) is 0 Å². The lowest BCUT2D eigenvalue weighted by Gasteiger charge is -2.33. The number of rotatable bonds is 5. The second kappa shape index (κ2) is 4.83. The number of nitrogens with one attached hydrogen (secondary N) is 1. The van der Waals surface area contributed by atoms with E-state index in [1.807, 2.05) is 0 Å². The van der Waals surface area contributed by atoms with E-state index in [1.54, 1.807) is 7.11 Å². The van der Waals surface area contributed by atoms with Crippen LogP contribution in [-0.4, -0.2) is 25.8 Å². The van der Waals surface area contributed by atoms with Crippen molar-refractivity contribution in [2.24, 2.45) is 5.92 Å². The Morgan fingerprint density at radius 2 is 2.08 bits per heavy atom. The van der Waals surface area contributed by atoms with Crippen LogP contribution in [0.1, 0.15) is 33.1 Å². The highest BCUT2D eigenvalue weighted by atomic mass is 16.5. The molecule has 1 rings (SSSR count). The van der Waals surface area contributed by atoms with Crippen LogP contribution in [0.25, 0.3) is 0 Å². The van der Waals surface area contributed by atoms with Crippen molar-refractivity contribution in [1.82, 2.24) is 5.32 Å². The van der Waals surface area contributed by atoms with Crippen LogP contribution in [-0.2, 0) is 4.74 Å². The topological polar surface area (TPSA) is 21.3 Å². The van der Waals surface area contributed by atoms with E-state index in [0.717, 1.165) is 12.5 Å². The lowest BCUT2D eigenvalue weighted by molar-refractivity contribution is 0.150. The summed E-state index contributed by atoms with van der Waals surface area (Å²) in [5.41, 5.74) is 0. The Balaban J connectivity index is 2.11. The summed E-state index contributed by atoms with van der Waals surface area (Å²) < 4.78 is 5.07. The molecule has 2 atom stereocenters. The second-order valence-electron chi connectivity index (χ2n) is 4.00. The molecule has 2 heteroatoms. The predicted octanol–water partition coefficient (Wildman–Crippen LogP) is 1.80. The van der Waals surface area contributed by atoms with Crippen molar-refractivity contribution >= 4 is 0 Å². The Kier molecular flexibility index (Phi) is 4.02. The third-order valence-electron chi connectivity index (χ3n) is 2.82. The molecule has 0 aromatic rings. The summed E-state index contributed by atoms with van der Waals surface area (Å²) in [5.74, 6) is 0.921. The molecule has 1 aliphatic carbocycles. The SMILES string of the molecule is COCC(C)NC(C)C1CCC1. The van der Waals surface area contributed by atoms with Gasteiger partial charge in [-0.15, -0.1) is 0 Å². The fourth-order valence-corrected chi connectivity index (χ4v) is 1.82. The molecule has 0 aliphatic heterocycles. The molecule has 0 spiro atoms. The van der Waals surface area contributed by atoms with Gasteiger partial charge < -0.3 is 10.1 Å². The first-order chi connectivity index (χ1) is 5.74. The standard InChI is InChI=1S/C10H21NO/c1-8(7-12-3)11-9(2)10-5-4-6-10/h8-11H,4-7H2,1-3H3. The van der Waals surface area contributed by atoms with Crippen LogP contribution >= 0.6 is 0 Å². The molecular weight excluding hydrogens is 150 g/mol. The van der Waals surface area contributed by atoms with Crippen LogP contribution in [0.15, 0.2) is 0 Å². The van der Waals surface area contributed by atoms with Crippen LogP contribution in [0.4, 0.5) is 0 Å². The summed E-state index contributed by atoms with van der Waals surface area (Å²) in [4.78, 5) is 0. The number of methoxy groups -OCH3 is 1. The minimum atomic E-state index is 0.491. The molecular formula is C10H21NO. The zero-order chi connectivity index (χ0) is 8.97. The highest BCUT2D eigenvalue weighted by Gasteiger charge is 2.24. The van der Waals surface area contributed by atoms with Gasteiger partial charge in [0.1, 0.15) is 0 Å². The van der Waals surface area contributed by atoms with Gasteiger partial charge in [0.25, 0.3) is 0 Å². The number of ether oxygens (including phenoxy) is 1. The van der Waals surface area contributed by atoms with Crippen LogP contribution < -0.4 is 5.32 Å². The largest absolute Gasteiger partial charge is 0.383 e. The summed E-state index contributed by atoms with van der Waals surface area (Å²) in [6, 6.07) is 1.16. The average molecular weight is 171 g/mol. The van der Waals surface area contributed by atoms with Crippen molar-refractivity contribution in [3.63, 3.8) is 0 Å². The Hall–Kier alpha value is -0.0800. The first kappa shape index (κ1) is 10.0. The minimum absolute atomic E-state index is 0.491. The molecule has 0 heterocycles. The molecule has 2 nitrogen and oxygen atoms in total. The number of hydrogen-bond donors (Lipinski definition) is 1. The van der Waals surface area contributed by atoms with Crippen molar-refractivity contribution in [3.05, 3.63) is 0 Å². The highest BCUT2D eigenvalue weighted by molar-refractivity contribution is 4.81. The summed E-state index contributed by atoms with van der Waals surface area (Å²) >= 11 is 0. The summed E-state index contributed by atoms with van der Waals surface area (Å²) in [6.45, 7) is 5.28. The molecule has 0 bridgehead atoms. The highest BCUT2D eigenvalue weighted by Crippen LogP contribution is 2.29. The lowest BCUT2D eigenvalue weighted by Crippen LogP contribution is -2.43. The molecule has 12 heavy (non-hydrogen) atoms. The van der Waals surface area contributed by atoms with Crippen LogP contribution in [0.5, 0.6) is 0 Å². The van der Waals surface area contributed by atoms with E-state index in [2.05, 4.69) is 19.2 Å². The van der Waals surface area contributed by atoms with Gasteiger partial charge in [-0.25, -0.2) is 0 Å². The van der Waals surface area contributed by atoms with Gasteiger partial charge >= 0.3 is 0 Å². The molecule has 1 saturated carbocycles. The third-order valence-corrected chi connectivity index (χ3v) is 2.82. The van der Waals surface area contributed by atoms with Gasteiger partial charge in [-0.1, -0.05) is 6.42 Å². The van der Waals surface area contributed by atoms with Gasteiger partial charge in [0.2, 0.25) is 0 Å². The maximum atomic E-state index is 5.07. The summed E-state index contributed by atoms with van der Waals surface area (Å²) in [5, 5.41) is 3.56. The monoisotopic (exact) mass is 171 g/mol. The van der Waals surface area contributed by atoms with Gasteiger partial charge in [0.05, 0.1) is 6.61 Å². The number of hydrogen-bond acceptors (Lipinski definition) is 2. The van der Waals surface area contributed by atoms with E-state index in [0.29, 0.717) is 12.1 Å². The predicted molar refractivity (Wildman–Crippen MR) is 51.3 cm³/mol. The fourth-order valence-electron chi connectivity index (χ4n) is 1.82. The molecule has 0 saturated heterocycles. The normalized spacial score (nSPS) is 23.2. The van der Waals surface area contributed by atoms with Gasteiger partial charge in [-0.2, -0.15) is 0 Å². The smallest absolute Gasteiger partial charge is 0.0613 e. The van der Waals surface area contributed by atoms with E-state index in [-0.39, 0.29) is 0 Å². The van der Waals surface area contributed by atoms with Crippen LogP contribution in [0, 0.1) is 5.92 Å². The molecule has 0 radical (unpaired) electrons. The average Bonchev–Trinajstić information content (AvgIpc) is 1.82. The van der Waals surface area contributed by atoms with Crippen molar-refractivity contribution in [1.29, 1.82) is 0 Å². The maximum absolute atomic E-state index is 5.07. The van der Waals surface area contributed by atoms with E-state index in [1.165, 1.54) is 19.3 Å². The Morgan fingerprint density at radius 1 is 1.42 bits per heavy atom. The molecule has 72 valence electrons. The molecule has 0 amide bonds. The minimum Gasteiger partial charge on any atom is -0.383 e. The maximum Gasteiger partial charge on any atom is 0.0613 e. The van der Waals surface area contributed by atoms with Crippen molar-refractivity contribution < 1.29 is 4.74 Å². The quantitative estimate of drug-likeness (QED) is 0.681. The van der Waals surface area contributed by atoms with E-state index < -0.39 is 0 Å². The lowest BCUT2D eigenvalue weighted by atomic mass is 9.80. The zero-order valence-corrected chi connectivity index (χ0v) is 8.47. The Morgan fingerprint density at radius 3 is 2.50 bits per heavy atom. The molecule has 2 unspecified atom stereocenters. The van der Waals surface area contributed by atoms with Crippen molar-refractivity contribution in [3.8, 4) is 0 Å². The molecule has 0 aromatic carbocycles. The molecule has 1 N–H and O–H groups in total. The molecule has 1 fully saturated rings. The Bertz CT molecular complexity index is 123. The fraction of sp³-hybridized carbons (Fsp3) is 1.00. The molecule has 0 aromatic heterocycles. The van der Waals surface area contributed by atoms with Crippen LogP contribution in [0.2, 0.25) is 0 Å². The van der Waals surface area contributed by atoms with Gasteiger partial charge in [0, 0.05) is 19.2 Å². The van der Waals surface area contributed by atoms with Crippen molar-refractivity contribution in [2.75, 3.05) is 13.7 Å². The van der Waals surface area contributed by atoms with Gasteiger partial charge in [-0.3, -0.25) is 0 Å². The first-order valence-corrected chi connectivity index (χ1v) is 4.99. The second-order valence-corrected chi connectivity index (χ2v) is 4.00. The van der Waals surface area contributed by atoms with E-state index >= 15 is 0 Å².